The first-order chi connectivity index (χ1) is 11.6. The highest BCUT2D eigenvalue weighted by Gasteiger charge is 2.20. The van der Waals surface area contributed by atoms with E-state index >= 15 is 0 Å². The first-order valence-electron chi connectivity index (χ1n) is 7.56. The minimum absolute atomic E-state index is 0.0196. The molecule has 7 nitrogen and oxygen atoms in total. The molecule has 1 N–H and O–H groups in total. The lowest BCUT2D eigenvalue weighted by atomic mass is 10.0. The van der Waals surface area contributed by atoms with Crippen molar-refractivity contribution >= 4 is 6.03 Å². The maximum absolute atomic E-state index is 12.5. The summed E-state index contributed by atoms with van der Waals surface area (Å²) < 4.78 is 2.92. The van der Waals surface area contributed by atoms with Crippen LogP contribution in [0.2, 0.25) is 0 Å². The number of phenols is 1. The molecule has 124 valence electrons. The summed E-state index contributed by atoms with van der Waals surface area (Å²) in [7, 11) is 3.92. The number of hydrogen-bond acceptors (Lipinski definition) is 5. The van der Waals surface area contributed by atoms with E-state index in [0.717, 1.165) is 5.56 Å². The molecule has 1 aromatic carbocycles. The van der Waals surface area contributed by atoms with Gasteiger partial charge in [0.15, 0.2) is 0 Å². The van der Waals surface area contributed by atoms with Crippen LogP contribution in [0.25, 0.3) is 0 Å². The van der Waals surface area contributed by atoms with Crippen molar-refractivity contribution in [3.05, 3.63) is 66.8 Å². The molecule has 3 rings (SSSR count). The highest BCUT2D eigenvalue weighted by Crippen LogP contribution is 2.25. The minimum atomic E-state index is -0.228. The van der Waals surface area contributed by atoms with Crippen molar-refractivity contribution in [3.8, 4) is 5.75 Å². The van der Waals surface area contributed by atoms with Crippen LogP contribution in [0.1, 0.15) is 17.4 Å². The summed E-state index contributed by atoms with van der Waals surface area (Å²) >= 11 is 0. The lowest BCUT2D eigenvalue weighted by Crippen LogP contribution is -2.26. The van der Waals surface area contributed by atoms with Crippen molar-refractivity contribution in [2.45, 2.75) is 12.5 Å². The predicted molar refractivity (Wildman–Crippen MR) is 88.9 cm³/mol. The fraction of sp³-hybridized carbons (Fsp3) is 0.235. The van der Waals surface area contributed by atoms with Gasteiger partial charge in [0.25, 0.3) is 0 Å². The Morgan fingerprint density at radius 1 is 1.29 bits per heavy atom. The number of phenolic OH excluding ortho intramolecular Hbond substituents is 1. The molecule has 2 heterocycles. The minimum Gasteiger partial charge on any atom is -0.508 e. The summed E-state index contributed by atoms with van der Waals surface area (Å²) in [6.07, 6.45) is 8.41. The number of carbonyl (C=O) groups is 1. The van der Waals surface area contributed by atoms with E-state index < -0.39 is 0 Å². The van der Waals surface area contributed by atoms with Gasteiger partial charge in [-0.05, 0) is 31.8 Å². The molecule has 7 heteroatoms. The molecular formula is C17H19N5O2. The molecule has 3 aromatic rings. The molecule has 0 aliphatic heterocycles. The van der Waals surface area contributed by atoms with E-state index in [1.807, 2.05) is 31.1 Å². The Labute approximate surface area is 139 Å². The lowest BCUT2D eigenvalue weighted by Gasteiger charge is -2.24. The lowest BCUT2D eigenvalue weighted by molar-refractivity contribution is 0.241. The largest absolute Gasteiger partial charge is 0.508 e. The predicted octanol–water partition coefficient (Wildman–Crippen LogP) is 2.15. The third-order valence-corrected chi connectivity index (χ3v) is 3.90. The second-order valence-corrected chi connectivity index (χ2v) is 5.74. The van der Waals surface area contributed by atoms with E-state index in [-0.39, 0.29) is 17.8 Å². The van der Waals surface area contributed by atoms with Crippen LogP contribution in [0.15, 0.2) is 55.4 Å². The van der Waals surface area contributed by atoms with Crippen LogP contribution in [0.3, 0.4) is 0 Å². The van der Waals surface area contributed by atoms with Gasteiger partial charge >= 0.3 is 6.03 Å². The molecular weight excluding hydrogens is 306 g/mol. The molecule has 0 unspecified atom stereocenters. The quantitative estimate of drug-likeness (QED) is 0.795. The molecule has 24 heavy (non-hydrogen) atoms. The summed E-state index contributed by atoms with van der Waals surface area (Å²) in [6, 6.07) is 6.89. The Kier molecular flexibility index (Phi) is 4.43. The van der Waals surface area contributed by atoms with Crippen molar-refractivity contribution in [2.75, 3.05) is 14.1 Å². The van der Waals surface area contributed by atoms with Gasteiger partial charge in [0, 0.05) is 37.3 Å². The SMILES string of the molecule is CN(C)[C@@H](Cc1nccn1C(=O)n1ccnc1)c1cccc(O)c1. The zero-order valence-electron chi connectivity index (χ0n) is 13.6. The number of aromatic nitrogens is 4. The van der Waals surface area contributed by atoms with E-state index in [1.165, 1.54) is 15.5 Å². The van der Waals surface area contributed by atoms with Gasteiger partial charge in [-0.1, -0.05) is 12.1 Å². The van der Waals surface area contributed by atoms with E-state index in [4.69, 9.17) is 0 Å². The van der Waals surface area contributed by atoms with Gasteiger partial charge in [0.05, 0.1) is 0 Å². The first kappa shape index (κ1) is 15.9. The van der Waals surface area contributed by atoms with Crippen LogP contribution in [0, 0.1) is 0 Å². The molecule has 0 saturated heterocycles. The van der Waals surface area contributed by atoms with Gasteiger partial charge in [-0.3, -0.25) is 9.13 Å². The zero-order chi connectivity index (χ0) is 17.1. The zero-order valence-corrected chi connectivity index (χ0v) is 13.6. The van der Waals surface area contributed by atoms with E-state index in [9.17, 15) is 9.90 Å². The molecule has 0 bridgehead atoms. The highest BCUT2D eigenvalue weighted by atomic mass is 16.3. The Hall–Kier alpha value is -2.93. The van der Waals surface area contributed by atoms with E-state index in [1.54, 1.807) is 36.9 Å². The topological polar surface area (TPSA) is 76.2 Å². The first-order valence-corrected chi connectivity index (χ1v) is 7.56. The van der Waals surface area contributed by atoms with Crippen LogP contribution in [0.4, 0.5) is 4.79 Å². The number of rotatable bonds is 4. The average molecular weight is 325 g/mol. The second-order valence-electron chi connectivity index (χ2n) is 5.74. The van der Waals surface area contributed by atoms with Gasteiger partial charge in [-0.2, -0.15) is 0 Å². The Bertz CT molecular complexity index is 823. The summed E-state index contributed by atoms with van der Waals surface area (Å²) in [5.74, 6) is 0.868. The average Bonchev–Trinajstić information content (AvgIpc) is 3.23. The fourth-order valence-corrected chi connectivity index (χ4v) is 2.66. The Morgan fingerprint density at radius 2 is 2.12 bits per heavy atom. The number of imidazole rings is 2. The van der Waals surface area contributed by atoms with Crippen LogP contribution in [-0.4, -0.2) is 49.2 Å². The van der Waals surface area contributed by atoms with Crippen molar-refractivity contribution in [3.63, 3.8) is 0 Å². The molecule has 0 aliphatic rings. The summed E-state index contributed by atoms with van der Waals surface area (Å²) in [5.41, 5.74) is 0.963. The molecule has 2 aromatic heterocycles. The Balaban J connectivity index is 1.89. The molecule has 0 amide bonds. The standard InChI is InChI=1S/C17H19N5O2/c1-20(2)15(13-4-3-5-14(23)10-13)11-16-19-7-9-22(16)17(24)21-8-6-18-12-21/h3-10,12,15,23H,11H2,1-2H3/t15-/m0/s1. The molecule has 0 fully saturated rings. The smallest absolute Gasteiger partial charge is 0.339 e. The molecule has 1 atom stereocenters. The molecule has 0 saturated carbocycles. The van der Waals surface area contributed by atoms with Gasteiger partial charge in [0.2, 0.25) is 0 Å². The van der Waals surface area contributed by atoms with Crippen molar-refractivity contribution < 1.29 is 9.90 Å². The van der Waals surface area contributed by atoms with Crippen LogP contribution >= 0.6 is 0 Å². The van der Waals surface area contributed by atoms with Gasteiger partial charge < -0.3 is 10.0 Å². The number of benzene rings is 1. The van der Waals surface area contributed by atoms with Gasteiger partial charge in [-0.15, -0.1) is 0 Å². The summed E-state index contributed by atoms with van der Waals surface area (Å²) in [6.45, 7) is 0. The third-order valence-electron chi connectivity index (χ3n) is 3.90. The second kappa shape index (κ2) is 6.67. The number of nitrogens with zero attached hydrogens (tertiary/aromatic N) is 5. The molecule has 0 radical (unpaired) electrons. The van der Waals surface area contributed by atoms with Crippen LogP contribution in [0.5, 0.6) is 5.75 Å². The number of hydrogen-bond donors (Lipinski definition) is 1. The van der Waals surface area contributed by atoms with Gasteiger partial charge in [-0.25, -0.2) is 14.8 Å². The molecule has 0 spiro atoms. The van der Waals surface area contributed by atoms with Crippen LogP contribution in [-0.2, 0) is 6.42 Å². The maximum atomic E-state index is 12.5. The summed E-state index contributed by atoms with van der Waals surface area (Å²) in [5, 5.41) is 9.73. The van der Waals surface area contributed by atoms with E-state index in [0.29, 0.717) is 12.2 Å². The summed E-state index contributed by atoms with van der Waals surface area (Å²) in [4.78, 5) is 22.8. The van der Waals surface area contributed by atoms with E-state index in [2.05, 4.69) is 9.97 Å². The normalized spacial score (nSPS) is 12.5. The van der Waals surface area contributed by atoms with Crippen molar-refractivity contribution in [2.24, 2.45) is 0 Å². The third kappa shape index (κ3) is 3.21. The van der Waals surface area contributed by atoms with Gasteiger partial charge in [0.1, 0.15) is 17.9 Å². The van der Waals surface area contributed by atoms with Crippen molar-refractivity contribution in [1.82, 2.24) is 24.0 Å². The Morgan fingerprint density at radius 3 is 2.79 bits per heavy atom. The number of likely N-dealkylation sites (N-methyl/N-ethyl adjacent to an activating group) is 1. The van der Waals surface area contributed by atoms with Crippen molar-refractivity contribution in [1.29, 1.82) is 0 Å². The number of aromatic hydroxyl groups is 1. The monoisotopic (exact) mass is 325 g/mol. The number of carbonyl (C=O) groups excluding carboxylic acids is 1. The molecule has 0 aliphatic carbocycles. The highest BCUT2D eigenvalue weighted by molar-refractivity contribution is 5.79. The van der Waals surface area contributed by atoms with Crippen LogP contribution < -0.4 is 0 Å². The fourth-order valence-electron chi connectivity index (χ4n) is 2.66. The maximum Gasteiger partial charge on any atom is 0.339 e.